The van der Waals surface area contributed by atoms with E-state index in [1.54, 1.807) is 7.11 Å². The summed E-state index contributed by atoms with van der Waals surface area (Å²) in [5.74, 6) is 0.802. The van der Waals surface area contributed by atoms with Crippen molar-refractivity contribution in [2.45, 2.75) is 12.8 Å². The molecule has 0 bridgehead atoms. The molecule has 2 N–H and O–H groups in total. The summed E-state index contributed by atoms with van der Waals surface area (Å²) in [6.45, 7) is 4.04. The van der Waals surface area contributed by atoms with Crippen LogP contribution in [0.4, 0.5) is 5.69 Å². The van der Waals surface area contributed by atoms with E-state index in [0.717, 1.165) is 18.6 Å². The van der Waals surface area contributed by atoms with Crippen LogP contribution in [-0.4, -0.2) is 46.8 Å². The molecule has 0 spiro atoms. The van der Waals surface area contributed by atoms with E-state index in [-0.39, 0.29) is 0 Å². The third-order valence-corrected chi connectivity index (χ3v) is 2.57. The summed E-state index contributed by atoms with van der Waals surface area (Å²) in [5.41, 5.74) is 6.38. The van der Waals surface area contributed by atoms with Crippen molar-refractivity contribution in [2.24, 2.45) is 0 Å². The summed E-state index contributed by atoms with van der Waals surface area (Å²) < 4.78 is 21.3. The molecule has 20 heavy (non-hydrogen) atoms. The molecule has 1 rings (SSSR count). The van der Waals surface area contributed by atoms with Crippen molar-refractivity contribution in [1.29, 1.82) is 0 Å². The fraction of sp³-hybridized carbons (Fsp3) is 0.600. The number of methoxy groups -OCH3 is 1. The highest BCUT2D eigenvalue weighted by atomic mass is 16.5. The molecule has 0 radical (unpaired) electrons. The Morgan fingerprint density at radius 3 is 2.30 bits per heavy atom. The highest BCUT2D eigenvalue weighted by molar-refractivity contribution is 5.43. The molecule has 5 nitrogen and oxygen atoms in total. The van der Waals surface area contributed by atoms with Gasteiger partial charge in [0.25, 0.3) is 0 Å². The first kappa shape index (κ1) is 16.8. The van der Waals surface area contributed by atoms with Gasteiger partial charge in [-0.3, -0.25) is 0 Å². The lowest BCUT2D eigenvalue weighted by Gasteiger charge is -2.07. The molecule has 1 aromatic carbocycles. The van der Waals surface area contributed by atoms with Gasteiger partial charge in [0, 0.05) is 45.1 Å². The van der Waals surface area contributed by atoms with Crippen LogP contribution in [0.25, 0.3) is 0 Å². The summed E-state index contributed by atoms with van der Waals surface area (Å²) in [6.07, 6.45) is 1.76. The second kappa shape index (κ2) is 11.5. The summed E-state index contributed by atoms with van der Waals surface area (Å²) in [7, 11) is 1.67. The van der Waals surface area contributed by atoms with Crippen LogP contribution in [0.1, 0.15) is 12.8 Å². The van der Waals surface area contributed by atoms with Crippen molar-refractivity contribution in [3.8, 4) is 5.75 Å². The molecule has 0 atom stereocenters. The average molecular weight is 283 g/mol. The van der Waals surface area contributed by atoms with Gasteiger partial charge in [-0.1, -0.05) is 6.07 Å². The van der Waals surface area contributed by atoms with Gasteiger partial charge in [-0.05, 0) is 18.6 Å². The Labute approximate surface area is 121 Å². The molecule has 0 saturated carbocycles. The third-order valence-electron chi connectivity index (χ3n) is 2.57. The maximum Gasteiger partial charge on any atom is 0.121 e. The number of nitrogens with two attached hydrogens (primary N) is 1. The predicted octanol–water partition coefficient (Wildman–Crippen LogP) is 2.11. The zero-order valence-corrected chi connectivity index (χ0v) is 12.2. The van der Waals surface area contributed by atoms with Crippen molar-refractivity contribution in [2.75, 3.05) is 52.5 Å². The average Bonchev–Trinajstić information content (AvgIpc) is 2.45. The second-order valence-corrected chi connectivity index (χ2v) is 4.35. The third kappa shape index (κ3) is 8.74. The van der Waals surface area contributed by atoms with Crippen LogP contribution >= 0.6 is 0 Å². The molecule has 0 aromatic heterocycles. The fourth-order valence-corrected chi connectivity index (χ4v) is 1.56. The van der Waals surface area contributed by atoms with E-state index in [1.165, 1.54) is 0 Å². The minimum atomic E-state index is 0.633. The van der Waals surface area contributed by atoms with Crippen molar-refractivity contribution in [3.63, 3.8) is 0 Å². The molecule has 0 saturated heterocycles. The molecule has 0 aliphatic heterocycles. The van der Waals surface area contributed by atoms with E-state index in [1.807, 2.05) is 24.3 Å². The number of hydrogen-bond acceptors (Lipinski definition) is 5. The number of hydrogen-bond donors (Lipinski definition) is 1. The molecule has 0 aliphatic carbocycles. The van der Waals surface area contributed by atoms with Crippen molar-refractivity contribution in [1.82, 2.24) is 0 Å². The van der Waals surface area contributed by atoms with Gasteiger partial charge in [0.1, 0.15) is 5.75 Å². The normalized spacial score (nSPS) is 10.7. The van der Waals surface area contributed by atoms with Crippen LogP contribution in [0.15, 0.2) is 24.3 Å². The molecular weight excluding hydrogens is 258 g/mol. The summed E-state index contributed by atoms with van der Waals surface area (Å²) in [5, 5.41) is 0. The lowest BCUT2D eigenvalue weighted by Crippen LogP contribution is -2.07. The van der Waals surface area contributed by atoms with Gasteiger partial charge >= 0.3 is 0 Å². The number of rotatable bonds is 12. The minimum absolute atomic E-state index is 0.633. The van der Waals surface area contributed by atoms with E-state index in [2.05, 4.69) is 0 Å². The van der Waals surface area contributed by atoms with E-state index in [9.17, 15) is 0 Å². The molecule has 0 amide bonds. The molecule has 5 heteroatoms. The maximum absolute atomic E-state index is 5.66. The zero-order chi connectivity index (χ0) is 14.5. The predicted molar refractivity (Wildman–Crippen MR) is 79.1 cm³/mol. The van der Waals surface area contributed by atoms with Gasteiger partial charge in [-0.25, -0.2) is 0 Å². The minimum Gasteiger partial charge on any atom is -0.493 e. The topological polar surface area (TPSA) is 62.9 Å². The van der Waals surface area contributed by atoms with Gasteiger partial charge in [-0.15, -0.1) is 0 Å². The summed E-state index contributed by atoms with van der Waals surface area (Å²) >= 11 is 0. The van der Waals surface area contributed by atoms with Crippen LogP contribution < -0.4 is 10.5 Å². The van der Waals surface area contributed by atoms with Gasteiger partial charge in [0.2, 0.25) is 0 Å². The van der Waals surface area contributed by atoms with E-state index in [4.69, 9.17) is 24.7 Å². The molecule has 0 heterocycles. The van der Waals surface area contributed by atoms with Crippen LogP contribution in [0.5, 0.6) is 5.75 Å². The lowest BCUT2D eigenvalue weighted by molar-refractivity contribution is 0.0496. The number of anilines is 1. The highest BCUT2D eigenvalue weighted by Gasteiger charge is 1.95. The number of ether oxygens (including phenoxy) is 4. The Balaban J connectivity index is 1.85. The van der Waals surface area contributed by atoms with Gasteiger partial charge in [-0.2, -0.15) is 0 Å². The Kier molecular flexibility index (Phi) is 9.65. The van der Waals surface area contributed by atoms with Crippen LogP contribution in [0.3, 0.4) is 0 Å². The largest absolute Gasteiger partial charge is 0.493 e. The SMILES string of the molecule is COCCOCCCOCCCOc1cccc(N)c1. The molecule has 0 fully saturated rings. The summed E-state index contributed by atoms with van der Waals surface area (Å²) in [4.78, 5) is 0. The Morgan fingerprint density at radius 1 is 0.900 bits per heavy atom. The van der Waals surface area contributed by atoms with Gasteiger partial charge in [0.15, 0.2) is 0 Å². The van der Waals surface area contributed by atoms with Gasteiger partial charge in [0.05, 0.1) is 19.8 Å². The van der Waals surface area contributed by atoms with E-state index >= 15 is 0 Å². The number of nitrogen functional groups attached to an aromatic ring is 1. The Hall–Kier alpha value is -1.30. The molecule has 1 aromatic rings. The first-order chi connectivity index (χ1) is 9.83. The second-order valence-electron chi connectivity index (χ2n) is 4.35. The first-order valence-electron chi connectivity index (χ1n) is 6.95. The molecule has 114 valence electrons. The lowest BCUT2D eigenvalue weighted by atomic mass is 10.3. The van der Waals surface area contributed by atoms with E-state index < -0.39 is 0 Å². The Morgan fingerprint density at radius 2 is 1.60 bits per heavy atom. The molecule has 0 aliphatic rings. The van der Waals surface area contributed by atoms with E-state index in [0.29, 0.717) is 45.3 Å². The number of benzene rings is 1. The summed E-state index contributed by atoms with van der Waals surface area (Å²) in [6, 6.07) is 7.43. The molecule has 0 unspecified atom stereocenters. The maximum atomic E-state index is 5.66. The first-order valence-corrected chi connectivity index (χ1v) is 6.95. The van der Waals surface area contributed by atoms with Crippen molar-refractivity contribution < 1.29 is 18.9 Å². The van der Waals surface area contributed by atoms with Crippen molar-refractivity contribution >= 4 is 5.69 Å². The zero-order valence-electron chi connectivity index (χ0n) is 12.2. The van der Waals surface area contributed by atoms with Crippen LogP contribution in [0.2, 0.25) is 0 Å². The monoisotopic (exact) mass is 283 g/mol. The molecular formula is C15H25NO4. The van der Waals surface area contributed by atoms with Crippen LogP contribution in [0, 0.1) is 0 Å². The fourth-order valence-electron chi connectivity index (χ4n) is 1.56. The van der Waals surface area contributed by atoms with Crippen molar-refractivity contribution in [3.05, 3.63) is 24.3 Å². The standard InChI is InChI=1S/C15H25NO4/c1-17-11-12-19-8-3-7-18-9-4-10-20-15-6-2-5-14(16)13-15/h2,5-6,13H,3-4,7-12,16H2,1H3. The quantitative estimate of drug-likeness (QED) is 0.470. The van der Waals surface area contributed by atoms with Gasteiger partial charge < -0.3 is 24.7 Å². The smallest absolute Gasteiger partial charge is 0.121 e. The van der Waals surface area contributed by atoms with Crippen LogP contribution in [-0.2, 0) is 14.2 Å². The highest BCUT2D eigenvalue weighted by Crippen LogP contribution is 2.14. The Bertz CT molecular complexity index is 346.